The zero-order chi connectivity index (χ0) is 20.2. The summed E-state index contributed by atoms with van der Waals surface area (Å²) in [6.07, 6.45) is 1.85. The molecule has 3 nitrogen and oxygen atoms in total. The van der Waals surface area contributed by atoms with Crippen LogP contribution in [-0.4, -0.2) is 23.3 Å². The van der Waals surface area contributed by atoms with Crippen LogP contribution in [0.1, 0.15) is 27.7 Å². The summed E-state index contributed by atoms with van der Waals surface area (Å²) in [6, 6.07) is 23.3. The SMILES string of the molecule is CC1(C)OB(c2cccc(-c3cccc4c3ccc3cccnc34)c2)OC1(C)C. The second-order valence-electron chi connectivity index (χ2n) is 8.76. The largest absolute Gasteiger partial charge is 0.494 e. The van der Waals surface area contributed by atoms with Crippen molar-refractivity contribution in [2.75, 3.05) is 0 Å². The first-order valence-corrected chi connectivity index (χ1v) is 10.1. The number of aromatic nitrogens is 1. The van der Waals surface area contributed by atoms with Gasteiger partial charge in [0.25, 0.3) is 0 Å². The molecule has 4 aromatic rings. The van der Waals surface area contributed by atoms with Crippen LogP contribution in [0.4, 0.5) is 0 Å². The van der Waals surface area contributed by atoms with Gasteiger partial charge in [-0.2, -0.15) is 0 Å². The first kappa shape index (κ1) is 18.4. The maximum Gasteiger partial charge on any atom is 0.494 e. The molecule has 0 atom stereocenters. The summed E-state index contributed by atoms with van der Waals surface area (Å²) in [5.74, 6) is 0. The summed E-state index contributed by atoms with van der Waals surface area (Å²) < 4.78 is 12.5. The molecule has 0 spiro atoms. The summed E-state index contributed by atoms with van der Waals surface area (Å²) in [6.45, 7) is 8.33. The molecule has 1 aliphatic heterocycles. The molecule has 1 aliphatic rings. The van der Waals surface area contributed by atoms with E-state index in [0.717, 1.165) is 21.9 Å². The van der Waals surface area contributed by atoms with Gasteiger partial charge in [-0.05, 0) is 55.7 Å². The number of hydrogen-bond acceptors (Lipinski definition) is 3. The Hall–Kier alpha value is -2.69. The lowest BCUT2D eigenvalue weighted by Gasteiger charge is -2.32. The molecule has 0 radical (unpaired) electrons. The Morgan fingerprint density at radius 2 is 1.52 bits per heavy atom. The Morgan fingerprint density at radius 3 is 2.31 bits per heavy atom. The van der Waals surface area contributed by atoms with Crippen LogP contribution in [0.2, 0.25) is 0 Å². The van der Waals surface area contributed by atoms with Crippen LogP contribution >= 0.6 is 0 Å². The predicted octanol–water partition coefficient (Wildman–Crippen LogP) is 5.35. The van der Waals surface area contributed by atoms with Gasteiger partial charge in [0.15, 0.2) is 0 Å². The molecule has 0 bridgehead atoms. The highest BCUT2D eigenvalue weighted by Crippen LogP contribution is 2.37. The molecule has 0 unspecified atom stereocenters. The third-order valence-corrected chi connectivity index (χ3v) is 6.35. The van der Waals surface area contributed by atoms with Crippen LogP contribution in [0.15, 0.2) is 72.9 Å². The van der Waals surface area contributed by atoms with E-state index in [0.29, 0.717) is 0 Å². The van der Waals surface area contributed by atoms with Crippen molar-refractivity contribution in [1.82, 2.24) is 4.98 Å². The van der Waals surface area contributed by atoms with Crippen molar-refractivity contribution < 1.29 is 9.31 Å². The van der Waals surface area contributed by atoms with E-state index in [2.05, 4.69) is 93.3 Å². The predicted molar refractivity (Wildman–Crippen MR) is 120 cm³/mol. The van der Waals surface area contributed by atoms with Crippen molar-refractivity contribution in [3.63, 3.8) is 0 Å². The molecule has 0 N–H and O–H groups in total. The molecule has 3 aromatic carbocycles. The topological polar surface area (TPSA) is 31.4 Å². The monoisotopic (exact) mass is 381 g/mol. The van der Waals surface area contributed by atoms with Gasteiger partial charge in [0.05, 0.1) is 16.7 Å². The van der Waals surface area contributed by atoms with E-state index < -0.39 is 0 Å². The van der Waals surface area contributed by atoms with Crippen molar-refractivity contribution in [3.8, 4) is 11.1 Å². The lowest BCUT2D eigenvalue weighted by Crippen LogP contribution is -2.41. The normalized spacial score (nSPS) is 17.9. The van der Waals surface area contributed by atoms with E-state index in [9.17, 15) is 0 Å². The van der Waals surface area contributed by atoms with Crippen LogP contribution in [0.25, 0.3) is 32.8 Å². The molecule has 5 rings (SSSR count). The molecule has 1 aromatic heterocycles. The minimum absolute atomic E-state index is 0.350. The molecule has 0 saturated carbocycles. The van der Waals surface area contributed by atoms with E-state index in [1.807, 2.05) is 12.3 Å². The highest BCUT2D eigenvalue weighted by Gasteiger charge is 2.51. The second-order valence-corrected chi connectivity index (χ2v) is 8.76. The molecular formula is C25H24BNO2. The Kier molecular flexibility index (Phi) is 4.06. The maximum absolute atomic E-state index is 6.25. The van der Waals surface area contributed by atoms with Crippen molar-refractivity contribution >= 4 is 34.3 Å². The Balaban J connectivity index is 1.62. The zero-order valence-corrected chi connectivity index (χ0v) is 17.3. The van der Waals surface area contributed by atoms with Gasteiger partial charge in [0.1, 0.15) is 0 Å². The summed E-state index contributed by atoms with van der Waals surface area (Å²) in [5.41, 5.74) is 3.72. The number of fused-ring (bicyclic) bond motifs is 3. The van der Waals surface area contributed by atoms with Gasteiger partial charge in [-0.1, -0.05) is 60.7 Å². The van der Waals surface area contributed by atoms with Gasteiger partial charge in [-0.25, -0.2) is 0 Å². The first-order valence-electron chi connectivity index (χ1n) is 10.1. The molecule has 0 amide bonds. The Bertz CT molecular complexity index is 1220. The minimum atomic E-state index is -0.363. The first-order chi connectivity index (χ1) is 13.9. The zero-order valence-electron chi connectivity index (χ0n) is 17.3. The van der Waals surface area contributed by atoms with E-state index >= 15 is 0 Å². The Labute approximate surface area is 171 Å². The maximum atomic E-state index is 6.25. The fourth-order valence-corrected chi connectivity index (χ4v) is 3.99. The van der Waals surface area contributed by atoms with Crippen LogP contribution < -0.4 is 5.46 Å². The molecule has 1 saturated heterocycles. The third kappa shape index (κ3) is 2.95. The number of hydrogen-bond donors (Lipinski definition) is 0. The molecule has 29 heavy (non-hydrogen) atoms. The average molecular weight is 381 g/mol. The van der Waals surface area contributed by atoms with Gasteiger partial charge in [-0.3, -0.25) is 4.98 Å². The minimum Gasteiger partial charge on any atom is -0.399 e. The van der Waals surface area contributed by atoms with Crippen LogP contribution in [0.3, 0.4) is 0 Å². The third-order valence-electron chi connectivity index (χ3n) is 6.35. The highest BCUT2D eigenvalue weighted by atomic mass is 16.7. The van der Waals surface area contributed by atoms with Crippen LogP contribution in [-0.2, 0) is 9.31 Å². The standard InChI is InChI=1S/C25H24BNO2/c1-24(2)25(3,4)29-26(28-24)19-10-5-8-18(16-19)20-11-6-12-22-21(20)14-13-17-9-7-15-27-23(17)22/h5-16H,1-4H3. The van der Waals surface area contributed by atoms with E-state index in [-0.39, 0.29) is 18.3 Å². The lowest BCUT2D eigenvalue weighted by atomic mass is 9.77. The van der Waals surface area contributed by atoms with Crippen molar-refractivity contribution in [2.24, 2.45) is 0 Å². The molecule has 144 valence electrons. The van der Waals surface area contributed by atoms with Gasteiger partial charge in [-0.15, -0.1) is 0 Å². The van der Waals surface area contributed by atoms with Crippen molar-refractivity contribution in [3.05, 3.63) is 72.9 Å². The van der Waals surface area contributed by atoms with Crippen molar-refractivity contribution in [1.29, 1.82) is 0 Å². The number of nitrogens with zero attached hydrogens (tertiary/aromatic N) is 1. The highest BCUT2D eigenvalue weighted by molar-refractivity contribution is 6.62. The quantitative estimate of drug-likeness (QED) is 0.346. The molecule has 1 fully saturated rings. The van der Waals surface area contributed by atoms with E-state index in [4.69, 9.17) is 9.31 Å². The van der Waals surface area contributed by atoms with Crippen molar-refractivity contribution in [2.45, 2.75) is 38.9 Å². The molecular weight excluding hydrogens is 357 g/mol. The summed E-state index contributed by atoms with van der Waals surface area (Å²) in [5, 5.41) is 3.52. The van der Waals surface area contributed by atoms with Gasteiger partial charge < -0.3 is 9.31 Å². The van der Waals surface area contributed by atoms with Crippen LogP contribution in [0.5, 0.6) is 0 Å². The smallest absolute Gasteiger partial charge is 0.399 e. The fourth-order valence-electron chi connectivity index (χ4n) is 3.99. The molecule has 4 heteroatoms. The Morgan fingerprint density at radius 1 is 0.759 bits per heavy atom. The fraction of sp³-hybridized carbons (Fsp3) is 0.240. The summed E-state index contributed by atoms with van der Waals surface area (Å²) >= 11 is 0. The van der Waals surface area contributed by atoms with Gasteiger partial charge in [0.2, 0.25) is 0 Å². The molecule has 2 heterocycles. The number of benzene rings is 3. The lowest BCUT2D eigenvalue weighted by molar-refractivity contribution is 0.00578. The second kappa shape index (κ2) is 6.41. The summed E-state index contributed by atoms with van der Waals surface area (Å²) in [4.78, 5) is 4.62. The van der Waals surface area contributed by atoms with Gasteiger partial charge in [0, 0.05) is 17.0 Å². The van der Waals surface area contributed by atoms with E-state index in [1.165, 1.54) is 16.3 Å². The number of pyridine rings is 1. The molecule has 0 aliphatic carbocycles. The van der Waals surface area contributed by atoms with E-state index in [1.54, 1.807) is 0 Å². The van der Waals surface area contributed by atoms with Gasteiger partial charge >= 0.3 is 7.12 Å². The number of rotatable bonds is 2. The van der Waals surface area contributed by atoms with Crippen LogP contribution in [0, 0.1) is 0 Å². The summed E-state index contributed by atoms with van der Waals surface area (Å²) in [7, 11) is -0.363. The average Bonchev–Trinajstić information content (AvgIpc) is 2.94.